The molecule has 1 aliphatic heterocycles. The van der Waals surface area contributed by atoms with Crippen LogP contribution in [0.15, 0.2) is 29.3 Å². The van der Waals surface area contributed by atoms with Crippen molar-refractivity contribution in [3.8, 4) is 0 Å². The zero-order chi connectivity index (χ0) is 18.2. The SMILES string of the molecule is CN=C(NCC1CCCN(CC(C)C)C1)NC(C)c1ccccc1C.I. The van der Waals surface area contributed by atoms with Gasteiger partial charge < -0.3 is 15.5 Å². The summed E-state index contributed by atoms with van der Waals surface area (Å²) in [6.45, 7) is 13.6. The van der Waals surface area contributed by atoms with E-state index in [0.717, 1.165) is 18.4 Å². The van der Waals surface area contributed by atoms with Gasteiger partial charge in [0.2, 0.25) is 0 Å². The second-order valence-electron chi connectivity index (χ2n) is 7.84. The van der Waals surface area contributed by atoms with Crippen molar-refractivity contribution in [2.45, 2.75) is 46.6 Å². The Bertz CT molecular complexity index is 559. The van der Waals surface area contributed by atoms with E-state index in [1.54, 1.807) is 0 Å². The molecule has 2 unspecified atom stereocenters. The summed E-state index contributed by atoms with van der Waals surface area (Å²) in [4.78, 5) is 7.03. The van der Waals surface area contributed by atoms with Crippen molar-refractivity contribution in [3.05, 3.63) is 35.4 Å². The molecule has 1 heterocycles. The van der Waals surface area contributed by atoms with Crippen molar-refractivity contribution >= 4 is 29.9 Å². The molecule has 1 saturated heterocycles. The summed E-state index contributed by atoms with van der Waals surface area (Å²) in [6.07, 6.45) is 2.62. The summed E-state index contributed by atoms with van der Waals surface area (Å²) in [6, 6.07) is 8.78. The van der Waals surface area contributed by atoms with E-state index in [1.807, 2.05) is 7.05 Å². The smallest absolute Gasteiger partial charge is 0.191 e. The van der Waals surface area contributed by atoms with Crippen molar-refractivity contribution in [1.82, 2.24) is 15.5 Å². The molecule has 2 N–H and O–H groups in total. The fourth-order valence-corrected chi connectivity index (χ4v) is 3.79. The lowest BCUT2D eigenvalue weighted by atomic mass is 9.97. The highest BCUT2D eigenvalue weighted by Gasteiger charge is 2.20. The van der Waals surface area contributed by atoms with Crippen LogP contribution in [0.2, 0.25) is 0 Å². The number of nitrogens with one attached hydrogen (secondary N) is 2. The predicted molar refractivity (Wildman–Crippen MR) is 124 cm³/mol. The van der Waals surface area contributed by atoms with Gasteiger partial charge in [-0.15, -0.1) is 24.0 Å². The van der Waals surface area contributed by atoms with Gasteiger partial charge in [0.15, 0.2) is 5.96 Å². The Balaban J connectivity index is 0.00000338. The number of hydrogen-bond donors (Lipinski definition) is 2. The minimum Gasteiger partial charge on any atom is -0.356 e. The predicted octanol–water partition coefficient (Wildman–Crippen LogP) is 4.21. The van der Waals surface area contributed by atoms with Crippen molar-refractivity contribution < 1.29 is 0 Å². The molecule has 0 bridgehead atoms. The Morgan fingerprint density at radius 1 is 1.27 bits per heavy atom. The van der Waals surface area contributed by atoms with Crippen LogP contribution in [0.4, 0.5) is 0 Å². The molecule has 0 aliphatic carbocycles. The van der Waals surface area contributed by atoms with Crippen LogP contribution in [-0.2, 0) is 0 Å². The summed E-state index contributed by atoms with van der Waals surface area (Å²) >= 11 is 0. The molecule has 26 heavy (non-hydrogen) atoms. The minimum atomic E-state index is 0. The normalized spacial score (nSPS) is 19.8. The maximum atomic E-state index is 4.42. The number of benzene rings is 1. The van der Waals surface area contributed by atoms with Gasteiger partial charge >= 0.3 is 0 Å². The van der Waals surface area contributed by atoms with Gasteiger partial charge in [-0.3, -0.25) is 4.99 Å². The van der Waals surface area contributed by atoms with E-state index in [-0.39, 0.29) is 30.0 Å². The van der Waals surface area contributed by atoms with Gasteiger partial charge in [0.1, 0.15) is 0 Å². The Morgan fingerprint density at radius 3 is 2.65 bits per heavy atom. The summed E-state index contributed by atoms with van der Waals surface area (Å²) in [7, 11) is 1.85. The van der Waals surface area contributed by atoms with Crippen LogP contribution in [0.3, 0.4) is 0 Å². The Labute approximate surface area is 177 Å². The average molecular weight is 472 g/mol. The third-order valence-electron chi connectivity index (χ3n) is 5.02. The zero-order valence-corrected chi connectivity index (χ0v) is 19.4. The van der Waals surface area contributed by atoms with Gasteiger partial charge in [-0.05, 0) is 56.2 Å². The third-order valence-corrected chi connectivity index (χ3v) is 5.02. The maximum Gasteiger partial charge on any atom is 0.191 e. The largest absolute Gasteiger partial charge is 0.356 e. The third kappa shape index (κ3) is 7.43. The topological polar surface area (TPSA) is 39.7 Å². The first kappa shape index (κ1) is 23.2. The number of aliphatic imine (C=N–C) groups is 1. The van der Waals surface area contributed by atoms with Gasteiger partial charge in [-0.25, -0.2) is 0 Å². The van der Waals surface area contributed by atoms with Crippen LogP contribution in [0.25, 0.3) is 0 Å². The molecule has 5 heteroatoms. The molecule has 0 amide bonds. The molecule has 2 atom stereocenters. The van der Waals surface area contributed by atoms with E-state index in [4.69, 9.17) is 0 Å². The number of rotatable bonds is 6. The highest BCUT2D eigenvalue weighted by atomic mass is 127. The fraction of sp³-hybridized carbons (Fsp3) is 0.667. The van der Waals surface area contributed by atoms with Crippen molar-refractivity contribution in [1.29, 1.82) is 0 Å². The molecular formula is C21H37IN4. The monoisotopic (exact) mass is 472 g/mol. The molecule has 0 radical (unpaired) electrons. The number of nitrogens with zero attached hydrogens (tertiary/aromatic N) is 2. The van der Waals surface area contributed by atoms with E-state index in [9.17, 15) is 0 Å². The average Bonchev–Trinajstić information content (AvgIpc) is 2.58. The lowest BCUT2D eigenvalue weighted by Crippen LogP contribution is -2.45. The van der Waals surface area contributed by atoms with Gasteiger partial charge in [0, 0.05) is 26.7 Å². The second kappa shape index (κ2) is 11.8. The molecule has 2 rings (SSSR count). The number of aryl methyl sites for hydroxylation is 1. The van der Waals surface area contributed by atoms with Gasteiger partial charge in [-0.2, -0.15) is 0 Å². The van der Waals surface area contributed by atoms with Crippen LogP contribution in [0.5, 0.6) is 0 Å². The number of piperidine rings is 1. The van der Waals surface area contributed by atoms with E-state index < -0.39 is 0 Å². The number of guanidine groups is 1. The Morgan fingerprint density at radius 2 is 2.00 bits per heavy atom. The first-order chi connectivity index (χ1) is 12.0. The maximum absolute atomic E-state index is 4.42. The summed E-state index contributed by atoms with van der Waals surface area (Å²) < 4.78 is 0. The standard InChI is InChI=1S/C21H36N4.HI/c1-16(2)14-25-12-8-10-19(15-25)13-23-21(22-5)24-18(4)20-11-7-6-9-17(20)3;/h6-7,9,11,16,18-19H,8,10,12-15H2,1-5H3,(H2,22,23,24);1H. The lowest BCUT2D eigenvalue weighted by Gasteiger charge is -2.34. The van der Waals surface area contributed by atoms with Crippen LogP contribution < -0.4 is 10.6 Å². The molecule has 1 aromatic carbocycles. The highest BCUT2D eigenvalue weighted by molar-refractivity contribution is 14.0. The van der Waals surface area contributed by atoms with Crippen LogP contribution >= 0.6 is 24.0 Å². The number of halogens is 1. The molecule has 148 valence electrons. The molecular weight excluding hydrogens is 435 g/mol. The van der Waals surface area contributed by atoms with Crippen LogP contribution in [0.1, 0.15) is 50.8 Å². The number of hydrogen-bond acceptors (Lipinski definition) is 2. The highest BCUT2D eigenvalue weighted by Crippen LogP contribution is 2.18. The van der Waals surface area contributed by atoms with Crippen LogP contribution in [-0.4, -0.2) is 44.1 Å². The van der Waals surface area contributed by atoms with Crippen LogP contribution in [0, 0.1) is 18.8 Å². The Kier molecular flexibility index (Phi) is 10.5. The van der Waals surface area contributed by atoms with Gasteiger partial charge in [-0.1, -0.05) is 38.1 Å². The molecule has 0 aromatic heterocycles. The van der Waals surface area contributed by atoms with Gasteiger partial charge in [0.25, 0.3) is 0 Å². The lowest BCUT2D eigenvalue weighted by molar-refractivity contribution is 0.159. The molecule has 0 saturated carbocycles. The summed E-state index contributed by atoms with van der Waals surface area (Å²) in [5.41, 5.74) is 2.64. The molecule has 1 aromatic rings. The first-order valence-corrected chi connectivity index (χ1v) is 9.74. The van der Waals surface area contributed by atoms with E-state index in [1.165, 1.54) is 43.6 Å². The summed E-state index contributed by atoms with van der Waals surface area (Å²) in [5.74, 6) is 2.35. The Hall–Kier alpha value is -0.820. The van der Waals surface area contributed by atoms with Crippen molar-refractivity contribution in [2.24, 2.45) is 16.8 Å². The second-order valence-corrected chi connectivity index (χ2v) is 7.84. The fourth-order valence-electron chi connectivity index (χ4n) is 3.79. The van der Waals surface area contributed by atoms with E-state index >= 15 is 0 Å². The quantitative estimate of drug-likeness (QED) is 0.370. The first-order valence-electron chi connectivity index (χ1n) is 9.74. The summed E-state index contributed by atoms with van der Waals surface area (Å²) in [5, 5.41) is 7.08. The van der Waals surface area contributed by atoms with E-state index in [2.05, 4.69) is 72.5 Å². The van der Waals surface area contributed by atoms with E-state index in [0.29, 0.717) is 5.92 Å². The molecule has 1 fully saturated rings. The van der Waals surface area contributed by atoms with Crippen molar-refractivity contribution in [2.75, 3.05) is 33.2 Å². The zero-order valence-electron chi connectivity index (χ0n) is 17.1. The minimum absolute atomic E-state index is 0. The molecule has 0 spiro atoms. The van der Waals surface area contributed by atoms with Crippen molar-refractivity contribution in [3.63, 3.8) is 0 Å². The molecule has 4 nitrogen and oxygen atoms in total. The van der Waals surface area contributed by atoms with Gasteiger partial charge in [0.05, 0.1) is 6.04 Å². The number of likely N-dealkylation sites (tertiary alicyclic amines) is 1. The molecule has 1 aliphatic rings.